The van der Waals surface area contributed by atoms with Gasteiger partial charge in [-0.2, -0.15) is 13.2 Å². The van der Waals surface area contributed by atoms with Crippen molar-refractivity contribution in [1.29, 1.82) is 0 Å². The van der Waals surface area contributed by atoms with Gasteiger partial charge in [-0.05, 0) is 25.1 Å². The van der Waals surface area contributed by atoms with Gasteiger partial charge in [-0.1, -0.05) is 23.4 Å². The molecule has 14 heteroatoms. The summed E-state index contributed by atoms with van der Waals surface area (Å²) >= 11 is 6.73. The van der Waals surface area contributed by atoms with E-state index in [0.29, 0.717) is 0 Å². The number of alkyl halides is 3. The van der Waals surface area contributed by atoms with Crippen molar-refractivity contribution in [3.63, 3.8) is 0 Å². The van der Waals surface area contributed by atoms with Crippen molar-refractivity contribution in [3.8, 4) is 0 Å². The zero-order valence-corrected chi connectivity index (χ0v) is 18.0. The molecule has 2 aromatic rings. The third-order valence-corrected chi connectivity index (χ3v) is 7.13. The summed E-state index contributed by atoms with van der Waals surface area (Å²) in [6.45, 7) is 1.47. The molecule has 0 aliphatic heterocycles. The molecule has 8 nitrogen and oxygen atoms in total. The first-order valence-electron chi connectivity index (χ1n) is 7.91. The molecular weight excluding hydrogens is 455 g/mol. The molecule has 0 aliphatic rings. The molecule has 1 aromatic carbocycles. The average molecular weight is 472 g/mol. The SMILES string of the molecule is CC(Sc1nnc(C(F)(F)F)n1C)C(=O)Nc1ccc(Cl)c(S(=O)(=O)N(C)C)c1. The van der Waals surface area contributed by atoms with Gasteiger partial charge in [0, 0.05) is 26.8 Å². The van der Waals surface area contributed by atoms with Gasteiger partial charge < -0.3 is 9.88 Å². The Kier molecular flexibility index (Phi) is 6.87. The van der Waals surface area contributed by atoms with Crippen molar-refractivity contribution in [2.75, 3.05) is 19.4 Å². The van der Waals surface area contributed by atoms with Gasteiger partial charge in [0.25, 0.3) is 0 Å². The van der Waals surface area contributed by atoms with Crippen LogP contribution in [0.1, 0.15) is 12.7 Å². The predicted molar refractivity (Wildman–Crippen MR) is 102 cm³/mol. The number of rotatable bonds is 6. The largest absolute Gasteiger partial charge is 0.451 e. The van der Waals surface area contributed by atoms with Crippen molar-refractivity contribution in [1.82, 2.24) is 19.1 Å². The first-order valence-corrected chi connectivity index (χ1v) is 10.6. The Morgan fingerprint density at radius 2 is 1.93 bits per heavy atom. The van der Waals surface area contributed by atoms with Crippen LogP contribution in [0, 0.1) is 0 Å². The normalized spacial score (nSPS) is 13.6. The summed E-state index contributed by atoms with van der Waals surface area (Å²) in [7, 11) is -0.0105. The van der Waals surface area contributed by atoms with E-state index in [1.807, 2.05) is 0 Å². The number of anilines is 1. The second-order valence-corrected chi connectivity index (χ2v) is 9.88. The van der Waals surface area contributed by atoms with Crippen molar-refractivity contribution >= 4 is 45.0 Å². The van der Waals surface area contributed by atoms with E-state index in [1.165, 1.54) is 39.2 Å². The smallest absolute Gasteiger partial charge is 0.325 e. The van der Waals surface area contributed by atoms with Crippen LogP contribution in [0.5, 0.6) is 0 Å². The average Bonchev–Trinajstić information content (AvgIpc) is 2.97. The maximum Gasteiger partial charge on any atom is 0.451 e. The van der Waals surface area contributed by atoms with E-state index in [1.54, 1.807) is 0 Å². The summed E-state index contributed by atoms with van der Waals surface area (Å²) in [5, 5.41) is 8.13. The Hall–Kier alpha value is -1.83. The molecule has 1 heterocycles. The van der Waals surface area contributed by atoms with E-state index >= 15 is 0 Å². The number of carbonyl (C=O) groups excluding carboxylic acids is 1. The summed E-state index contributed by atoms with van der Waals surface area (Å²) < 4.78 is 64.7. The molecule has 0 saturated heterocycles. The summed E-state index contributed by atoms with van der Waals surface area (Å²) in [5.74, 6) is -1.74. The van der Waals surface area contributed by atoms with Gasteiger partial charge in [0.05, 0.1) is 10.3 Å². The van der Waals surface area contributed by atoms with E-state index in [0.717, 1.165) is 27.7 Å². The van der Waals surface area contributed by atoms with E-state index in [2.05, 4.69) is 15.5 Å². The van der Waals surface area contributed by atoms with Gasteiger partial charge in [0.15, 0.2) is 5.16 Å². The summed E-state index contributed by atoms with van der Waals surface area (Å²) in [4.78, 5) is 12.2. The molecule has 0 bridgehead atoms. The standard InChI is InChI=1S/C15H17ClF3N5O3S2/c1-8(28-14-22-21-13(24(14)4)15(17,18)19)12(25)20-9-5-6-10(16)11(7-9)29(26,27)23(2)3/h5-8H,1-4H3,(H,20,25). The van der Waals surface area contributed by atoms with Crippen LogP contribution >= 0.6 is 23.4 Å². The molecule has 0 aliphatic carbocycles. The highest BCUT2D eigenvalue weighted by Crippen LogP contribution is 2.31. The van der Waals surface area contributed by atoms with Crippen molar-refractivity contribution < 1.29 is 26.4 Å². The highest BCUT2D eigenvalue weighted by Gasteiger charge is 2.38. The number of sulfonamides is 1. The van der Waals surface area contributed by atoms with E-state index in [-0.39, 0.29) is 20.8 Å². The summed E-state index contributed by atoms with van der Waals surface area (Å²) in [5.41, 5.74) is 0.168. The molecule has 2 rings (SSSR count). The maximum absolute atomic E-state index is 12.8. The van der Waals surface area contributed by atoms with Crippen LogP contribution in [-0.2, 0) is 28.0 Å². The summed E-state index contributed by atoms with van der Waals surface area (Å²) in [6, 6.07) is 3.94. The third-order valence-electron chi connectivity index (χ3n) is 3.70. The predicted octanol–water partition coefficient (Wildman–Crippen LogP) is 2.86. The van der Waals surface area contributed by atoms with Crippen LogP contribution in [0.2, 0.25) is 5.02 Å². The molecule has 1 N–H and O–H groups in total. The van der Waals surface area contributed by atoms with Crippen molar-refractivity contribution in [3.05, 3.63) is 29.0 Å². The fraction of sp³-hybridized carbons (Fsp3) is 0.400. The lowest BCUT2D eigenvalue weighted by Gasteiger charge is -2.15. The van der Waals surface area contributed by atoms with Crippen LogP contribution in [0.4, 0.5) is 18.9 Å². The Labute approximate surface area is 174 Å². The maximum atomic E-state index is 12.8. The number of hydrogen-bond donors (Lipinski definition) is 1. The van der Waals surface area contributed by atoms with Gasteiger partial charge >= 0.3 is 6.18 Å². The minimum atomic E-state index is -4.66. The van der Waals surface area contributed by atoms with Gasteiger partial charge in [0.1, 0.15) is 4.90 Å². The quantitative estimate of drug-likeness (QED) is 0.651. The van der Waals surface area contributed by atoms with Crippen LogP contribution in [0.15, 0.2) is 28.3 Å². The van der Waals surface area contributed by atoms with E-state index < -0.39 is 33.2 Å². The number of nitrogens with zero attached hydrogens (tertiary/aromatic N) is 4. The lowest BCUT2D eigenvalue weighted by Crippen LogP contribution is -2.24. The lowest BCUT2D eigenvalue weighted by atomic mass is 10.3. The molecule has 1 atom stereocenters. The molecule has 0 fully saturated rings. The fourth-order valence-electron chi connectivity index (χ4n) is 2.10. The molecular formula is C15H17ClF3N5O3S2. The molecule has 1 aromatic heterocycles. The van der Waals surface area contributed by atoms with Gasteiger partial charge in [-0.25, -0.2) is 12.7 Å². The molecule has 160 valence electrons. The Bertz CT molecular complexity index is 1020. The van der Waals surface area contributed by atoms with Crippen LogP contribution < -0.4 is 5.32 Å². The molecule has 0 radical (unpaired) electrons. The third kappa shape index (κ3) is 5.21. The van der Waals surface area contributed by atoms with Crippen molar-refractivity contribution in [2.24, 2.45) is 7.05 Å². The Morgan fingerprint density at radius 3 is 2.45 bits per heavy atom. The zero-order chi connectivity index (χ0) is 22.1. The van der Waals surface area contributed by atoms with Crippen LogP contribution in [0.3, 0.4) is 0 Å². The monoisotopic (exact) mass is 471 g/mol. The highest BCUT2D eigenvalue weighted by molar-refractivity contribution is 8.00. The van der Waals surface area contributed by atoms with Crippen LogP contribution in [0.25, 0.3) is 0 Å². The van der Waals surface area contributed by atoms with Crippen LogP contribution in [-0.4, -0.2) is 52.7 Å². The zero-order valence-electron chi connectivity index (χ0n) is 15.7. The van der Waals surface area contributed by atoms with E-state index in [4.69, 9.17) is 11.6 Å². The molecule has 1 unspecified atom stereocenters. The Balaban J connectivity index is 2.18. The Morgan fingerprint density at radius 1 is 1.31 bits per heavy atom. The van der Waals surface area contributed by atoms with Gasteiger partial charge in [-0.15, -0.1) is 10.2 Å². The molecule has 29 heavy (non-hydrogen) atoms. The highest BCUT2D eigenvalue weighted by atomic mass is 35.5. The second kappa shape index (κ2) is 8.50. The van der Waals surface area contributed by atoms with E-state index in [9.17, 15) is 26.4 Å². The first kappa shape index (κ1) is 23.4. The number of hydrogen-bond acceptors (Lipinski definition) is 6. The van der Waals surface area contributed by atoms with Crippen molar-refractivity contribution in [2.45, 2.75) is 28.4 Å². The number of carbonyl (C=O) groups is 1. The second-order valence-electron chi connectivity index (χ2n) is 6.04. The lowest BCUT2D eigenvalue weighted by molar-refractivity contribution is -0.147. The van der Waals surface area contributed by atoms with Gasteiger partial charge in [0.2, 0.25) is 21.8 Å². The van der Waals surface area contributed by atoms with Gasteiger partial charge in [-0.3, -0.25) is 4.79 Å². The number of halogens is 4. The topological polar surface area (TPSA) is 97.2 Å². The number of nitrogens with one attached hydrogen (secondary N) is 1. The fourth-order valence-corrected chi connectivity index (χ4v) is 4.30. The molecule has 0 saturated carbocycles. The number of thioether (sulfide) groups is 1. The minimum absolute atomic E-state index is 0.0158. The molecule has 1 amide bonds. The minimum Gasteiger partial charge on any atom is -0.325 e. The first-order chi connectivity index (χ1) is 13.2. The number of benzene rings is 1. The molecule has 0 spiro atoms. The number of aromatic nitrogens is 3. The number of amides is 1. The summed E-state index contributed by atoms with van der Waals surface area (Å²) in [6.07, 6.45) is -4.66.